The summed E-state index contributed by atoms with van der Waals surface area (Å²) in [6.45, 7) is 6.10. The van der Waals surface area contributed by atoms with Gasteiger partial charge in [0.15, 0.2) is 0 Å². The predicted molar refractivity (Wildman–Crippen MR) is 51.9 cm³/mol. The zero-order chi connectivity index (χ0) is 12.0. The van der Waals surface area contributed by atoms with Crippen molar-refractivity contribution in [2.24, 2.45) is 10.8 Å². The van der Waals surface area contributed by atoms with Crippen LogP contribution in [0.5, 0.6) is 0 Å². The van der Waals surface area contributed by atoms with Gasteiger partial charge in [0.1, 0.15) is 6.54 Å². The summed E-state index contributed by atoms with van der Waals surface area (Å²) in [5.74, 6) is -2.01. The number of rotatable bonds is 2. The molecule has 1 heterocycles. The lowest BCUT2D eigenvalue weighted by Crippen LogP contribution is -2.37. The van der Waals surface area contributed by atoms with Crippen molar-refractivity contribution in [3.05, 3.63) is 0 Å². The lowest BCUT2D eigenvalue weighted by Gasteiger charge is -2.28. The van der Waals surface area contributed by atoms with E-state index in [1.165, 1.54) is 0 Å². The highest BCUT2D eigenvalue weighted by atomic mass is 16.4. The molecule has 0 atom stereocenters. The lowest BCUT2D eigenvalue weighted by atomic mass is 9.70. The second kappa shape index (κ2) is 3.05. The van der Waals surface area contributed by atoms with Crippen LogP contribution in [-0.2, 0) is 14.4 Å². The Morgan fingerprint density at radius 3 is 1.73 bits per heavy atom. The van der Waals surface area contributed by atoms with Gasteiger partial charge in [-0.15, -0.1) is 0 Å². The molecule has 1 aliphatic rings. The lowest BCUT2D eigenvalue weighted by molar-refractivity contribution is -0.150. The summed E-state index contributed by atoms with van der Waals surface area (Å²) < 4.78 is 0. The minimum absolute atomic E-state index is 0.417. The van der Waals surface area contributed by atoms with Gasteiger partial charge in [-0.1, -0.05) is 0 Å². The number of amides is 2. The third-order valence-electron chi connectivity index (χ3n) is 3.42. The fourth-order valence-corrected chi connectivity index (χ4v) is 1.58. The maximum atomic E-state index is 11.8. The number of aliphatic carboxylic acids is 1. The number of carbonyl (C=O) groups is 3. The van der Waals surface area contributed by atoms with E-state index in [0.717, 1.165) is 4.90 Å². The molecular formula is C10H15NO4. The molecule has 0 unspecified atom stereocenters. The van der Waals surface area contributed by atoms with Gasteiger partial charge in [0.05, 0.1) is 10.8 Å². The molecule has 0 spiro atoms. The van der Waals surface area contributed by atoms with E-state index < -0.39 is 35.2 Å². The van der Waals surface area contributed by atoms with Crippen molar-refractivity contribution in [2.45, 2.75) is 27.7 Å². The van der Waals surface area contributed by atoms with Crippen LogP contribution in [0.15, 0.2) is 0 Å². The van der Waals surface area contributed by atoms with Crippen molar-refractivity contribution in [1.29, 1.82) is 0 Å². The molecule has 0 saturated carbocycles. The third kappa shape index (κ3) is 1.42. The Hall–Kier alpha value is -1.39. The van der Waals surface area contributed by atoms with Crippen LogP contribution >= 0.6 is 0 Å². The first-order valence-corrected chi connectivity index (χ1v) is 4.70. The molecule has 1 rings (SSSR count). The molecule has 1 saturated heterocycles. The first kappa shape index (κ1) is 11.7. The average Bonchev–Trinajstić information content (AvgIpc) is 2.18. The summed E-state index contributed by atoms with van der Waals surface area (Å²) in [4.78, 5) is 35.0. The van der Waals surface area contributed by atoms with Gasteiger partial charge in [0.2, 0.25) is 11.8 Å². The first-order valence-electron chi connectivity index (χ1n) is 4.70. The Kier molecular flexibility index (Phi) is 2.38. The summed E-state index contributed by atoms with van der Waals surface area (Å²) >= 11 is 0. The second-order valence-corrected chi connectivity index (χ2v) is 4.84. The van der Waals surface area contributed by atoms with Gasteiger partial charge in [-0.2, -0.15) is 0 Å². The molecule has 1 N–H and O–H groups in total. The van der Waals surface area contributed by atoms with Gasteiger partial charge in [-0.25, -0.2) is 0 Å². The number of likely N-dealkylation sites (tertiary alicyclic amines) is 1. The molecule has 1 fully saturated rings. The Morgan fingerprint density at radius 1 is 1.13 bits per heavy atom. The SMILES string of the molecule is CC1(C)C(=O)N(CC(=O)O)C(=O)C1(C)C. The third-order valence-corrected chi connectivity index (χ3v) is 3.42. The van der Waals surface area contributed by atoms with Crippen molar-refractivity contribution in [2.75, 3.05) is 6.54 Å². The smallest absolute Gasteiger partial charge is 0.323 e. The summed E-state index contributed by atoms with van der Waals surface area (Å²) in [6, 6.07) is 0. The highest BCUT2D eigenvalue weighted by molar-refractivity contribution is 6.10. The topological polar surface area (TPSA) is 74.7 Å². The quantitative estimate of drug-likeness (QED) is 0.677. The summed E-state index contributed by atoms with van der Waals surface area (Å²) in [7, 11) is 0. The molecule has 2 amide bonds. The Balaban J connectivity index is 3.12. The van der Waals surface area contributed by atoms with Crippen molar-refractivity contribution in [1.82, 2.24) is 4.90 Å². The number of imide groups is 1. The summed E-state index contributed by atoms with van der Waals surface area (Å²) in [5, 5.41) is 8.60. The molecule has 0 aromatic heterocycles. The zero-order valence-electron chi connectivity index (χ0n) is 9.33. The average molecular weight is 213 g/mol. The summed E-state index contributed by atoms with van der Waals surface area (Å²) in [6.07, 6.45) is 0. The van der Waals surface area contributed by atoms with E-state index in [1.54, 1.807) is 27.7 Å². The van der Waals surface area contributed by atoms with Gasteiger partial charge in [0, 0.05) is 0 Å². The minimum atomic E-state index is -1.18. The number of carboxylic acids is 1. The van der Waals surface area contributed by atoms with Crippen LogP contribution in [0.2, 0.25) is 0 Å². The highest BCUT2D eigenvalue weighted by Crippen LogP contribution is 2.46. The van der Waals surface area contributed by atoms with E-state index in [-0.39, 0.29) is 0 Å². The summed E-state index contributed by atoms with van der Waals surface area (Å²) in [5.41, 5.74) is -1.70. The van der Waals surface area contributed by atoms with Crippen LogP contribution < -0.4 is 0 Å². The maximum absolute atomic E-state index is 11.8. The van der Waals surface area contributed by atoms with Gasteiger partial charge in [0.25, 0.3) is 0 Å². The molecule has 5 heteroatoms. The molecule has 0 aromatic rings. The highest BCUT2D eigenvalue weighted by Gasteiger charge is 2.59. The van der Waals surface area contributed by atoms with Crippen LogP contribution in [0.1, 0.15) is 27.7 Å². The van der Waals surface area contributed by atoms with E-state index in [2.05, 4.69) is 0 Å². The molecular weight excluding hydrogens is 198 g/mol. The van der Waals surface area contributed by atoms with Gasteiger partial charge >= 0.3 is 5.97 Å². The van der Waals surface area contributed by atoms with E-state index in [4.69, 9.17) is 5.11 Å². The molecule has 0 aromatic carbocycles. The Morgan fingerprint density at radius 2 is 1.47 bits per heavy atom. The first-order chi connectivity index (χ1) is 6.62. The normalized spacial score (nSPS) is 23.3. The van der Waals surface area contributed by atoms with Crippen molar-refractivity contribution < 1.29 is 19.5 Å². The van der Waals surface area contributed by atoms with Crippen LogP contribution in [0.4, 0.5) is 0 Å². The van der Waals surface area contributed by atoms with E-state index >= 15 is 0 Å². The number of nitrogens with zero attached hydrogens (tertiary/aromatic N) is 1. The largest absolute Gasteiger partial charge is 0.480 e. The Bertz CT molecular complexity index is 317. The molecule has 5 nitrogen and oxygen atoms in total. The maximum Gasteiger partial charge on any atom is 0.323 e. The molecule has 0 radical (unpaired) electrons. The van der Waals surface area contributed by atoms with Gasteiger partial charge in [-0.05, 0) is 27.7 Å². The van der Waals surface area contributed by atoms with Crippen molar-refractivity contribution in [3.8, 4) is 0 Å². The van der Waals surface area contributed by atoms with E-state index in [1.807, 2.05) is 0 Å². The second-order valence-electron chi connectivity index (χ2n) is 4.84. The van der Waals surface area contributed by atoms with Crippen LogP contribution in [0.25, 0.3) is 0 Å². The van der Waals surface area contributed by atoms with Gasteiger partial charge in [-0.3, -0.25) is 19.3 Å². The Labute approximate surface area is 88.1 Å². The van der Waals surface area contributed by atoms with E-state index in [9.17, 15) is 14.4 Å². The molecule has 1 aliphatic heterocycles. The fraction of sp³-hybridized carbons (Fsp3) is 0.700. The fourth-order valence-electron chi connectivity index (χ4n) is 1.58. The molecule has 0 aliphatic carbocycles. The van der Waals surface area contributed by atoms with Crippen molar-refractivity contribution >= 4 is 17.8 Å². The predicted octanol–water partition coefficient (Wildman–Crippen LogP) is 0.492. The zero-order valence-corrected chi connectivity index (χ0v) is 9.33. The standard InChI is InChI=1S/C10H15NO4/c1-9(2)7(14)11(5-6(12)13)8(15)10(9,3)4/h5H2,1-4H3,(H,12,13). The van der Waals surface area contributed by atoms with Crippen molar-refractivity contribution in [3.63, 3.8) is 0 Å². The minimum Gasteiger partial charge on any atom is -0.480 e. The van der Waals surface area contributed by atoms with E-state index in [0.29, 0.717) is 0 Å². The number of hydrogen-bond donors (Lipinski definition) is 1. The van der Waals surface area contributed by atoms with Crippen LogP contribution in [0.3, 0.4) is 0 Å². The molecule has 0 bridgehead atoms. The van der Waals surface area contributed by atoms with Crippen LogP contribution in [-0.4, -0.2) is 34.3 Å². The number of carbonyl (C=O) groups excluding carboxylic acids is 2. The van der Waals surface area contributed by atoms with Crippen LogP contribution in [0, 0.1) is 10.8 Å². The monoisotopic (exact) mass is 213 g/mol. The number of carboxylic acid groups (broad SMARTS) is 1. The molecule has 84 valence electrons. The molecule has 15 heavy (non-hydrogen) atoms. The van der Waals surface area contributed by atoms with Gasteiger partial charge < -0.3 is 5.11 Å². The number of hydrogen-bond acceptors (Lipinski definition) is 3.